The molecule has 0 bridgehead atoms. The van der Waals surface area contributed by atoms with Gasteiger partial charge >= 0.3 is 0 Å². The van der Waals surface area contributed by atoms with Crippen LogP contribution in [0, 0.1) is 0 Å². The zero-order chi connectivity index (χ0) is 13.7. The fourth-order valence-electron chi connectivity index (χ4n) is 2.81. The summed E-state index contributed by atoms with van der Waals surface area (Å²) in [5.41, 5.74) is 1.14. The second-order valence-corrected chi connectivity index (χ2v) is 5.49. The van der Waals surface area contributed by atoms with Gasteiger partial charge in [0.05, 0.1) is 6.10 Å². The highest BCUT2D eigenvalue weighted by atomic mass is 16.3. The Hall–Kier alpha value is -1.16. The van der Waals surface area contributed by atoms with Gasteiger partial charge in [-0.3, -0.25) is 0 Å². The molecule has 1 aliphatic carbocycles. The number of nitrogens with one attached hydrogen (secondary N) is 1. The van der Waals surface area contributed by atoms with Crippen molar-refractivity contribution in [1.82, 2.24) is 9.97 Å². The minimum Gasteiger partial charge on any atom is -0.393 e. The lowest BCUT2D eigenvalue weighted by Gasteiger charge is -2.26. The largest absolute Gasteiger partial charge is 0.393 e. The first kappa shape index (κ1) is 14.3. The molecule has 0 amide bonds. The summed E-state index contributed by atoms with van der Waals surface area (Å²) < 4.78 is 0. The molecule has 1 saturated carbocycles. The van der Waals surface area contributed by atoms with E-state index < -0.39 is 0 Å². The Kier molecular flexibility index (Phi) is 5.14. The molecule has 0 saturated heterocycles. The lowest BCUT2D eigenvalue weighted by atomic mass is 9.93. The third kappa shape index (κ3) is 3.90. The van der Waals surface area contributed by atoms with E-state index >= 15 is 0 Å². The zero-order valence-corrected chi connectivity index (χ0v) is 12.0. The number of aliphatic hydroxyl groups excluding tert-OH is 1. The van der Waals surface area contributed by atoms with E-state index in [1.807, 2.05) is 0 Å². The molecule has 4 nitrogen and oxygen atoms in total. The Morgan fingerprint density at radius 1 is 1.21 bits per heavy atom. The van der Waals surface area contributed by atoms with Gasteiger partial charge in [-0.2, -0.15) is 0 Å². The molecule has 0 unspecified atom stereocenters. The summed E-state index contributed by atoms with van der Waals surface area (Å²) in [4.78, 5) is 8.71. The van der Waals surface area contributed by atoms with Crippen LogP contribution >= 0.6 is 0 Å². The lowest BCUT2D eigenvalue weighted by molar-refractivity contribution is 0.126. The van der Waals surface area contributed by atoms with Crippen LogP contribution in [0.2, 0.25) is 0 Å². The van der Waals surface area contributed by atoms with Crippen molar-refractivity contribution < 1.29 is 5.11 Å². The summed E-state index contributed by atoms with van der Waals surface area (Å²) in [7, 11) is 0. The van der Waals surface area contributed by atoms with E-state index in [-0.39, 0.29) is 6.10 Å². The van der Waals surface area contributed by atoms with E-state index in [4.69, 9.17) is 0 Å². The molecule has 0 aromatic carbocycles. The van der Waals surface area contributed by atoms with Gasteiger partial charge in [-0.1, -0.05) is 13.8 Å². The Morgan fingerprint density at radius 2 is 1.89 bits per heavy atom. The molecule has 4 heteroatoms. The molecule has 0 radical (unpaired) electrons. The van der Waals surface area contributed by atoms with Crippen molar-refractivity contribution >= 4 is 5.82 Å². The van der Waals surface area contributed by atoms with E-state index in [0.717, 1.165) is 50.0 Å². The summed E-state index contributed by atoms with van der Waals surface area (Å²) in [5.74, 6) is 1.45. The molecule has 1 aromatic rings. The van der Waals surface area contributed by atoms with Gasteiger partial charge in [0.1, 0.15) is 12.1 Å². The molecular formula is C15H25N3O. The molecule has 1 fully saturated rings. The maximum absolute atomic E-state index is 9.52. The van der Waals surface area contributed by atoms with Gasteiger partial charge in [-0.25, -0.2) is 9.97 Å². The molecule has 0 aliphatic heterocycles. The number of aromatic nitrogens is 2. The Balaban J connectivity index is 1.98. The normalized spacial score (nSPS) is 23.6. The van der Waals surface area contributed by atoms with Crippen molar-refractivity contribution in [3.05, 3.63) is 18.1 Å². The van der Waals surface area contributed by atoms with E-state index in [0.29, 0.717) is 12.0 Å². The van der Waals surface area contributed by atoms with Gasteiger partial charge in [0, 0.05) is 23.7 Å². The summed E-state index contributed by atoms with van der Waals surface area (Å²) >= 11 is 0. The SMILES string of the molecule is CCC(CC)c1cc(NC2CCC(O)CC2)ncn1. The number of nitrogens with zero attached hydrogens (tertiary/aromatic N) is 2. The third-order valence-electron chi connectivity index (χ3n) is 4.14. The molecule has 2 rings (SSSR count). The van der Waals surface area contributed by atoms with Crippen LogP contribution < -0.4 is 5.32 Å². The number of aliphatic hydroxyl groups is 1. The maximum atomic E-state index is 9.52. The highest BCUT2D eigenvalue weighted by Gasteiger charge is 2.19. The average Bonchev–Trinajstić information content (AvgIpc) is 2.43. The van der Waals surface area contributed by atoms with Gasteiger partial charge in [0.15, 0.2) is 0 Å². The third-order valence-corrected chi connectivity index (χ3v) is 4.14. The Labute approximate surface area is 115 Å². The van der Waals surface area contributed by atoms with Crippen LogP contribution in [0.4, 0.5) is 5.82 Å². The quantitative estimate of drug-likeness (QED) is 0.857. The lowest BCUT2D eigenvalue weighted by Crippen LogP contribution is -2.28. The van der Waals surface area contributed by atoms with Crippen LogP contribution in [0.15, 0.2) is 12.4 Å². The van der Waals surface area contributed by atoms with Gasteiger partial charge in [-0.05, 0) is 38.5 Å². The first-order valence-corrected chi connectivity index (χ1v) is 7.49. The molecule has 1 heterocycles. The van der Waals surface area contributed by atoms with Crippen molar-refractivity contribution in [1.29, 1.82) is 0 Å². The monoisotopic (exact) mass is 263 g/mol. The van der Waals surface area contributed by atoms with Gasteiger partial charge in [0.25, 0.3) is 0 Å². The predicted octanol–water partition coefficient (Wildman–Crippen LogP) is 3.10. The van der Waals surface area contributed by atoms with Gasteiger partial charge in [0.2, 0.25) is 0 Å². The number of rotatable bonds is 5. The van der Waals surface area contributed by atoms with Crippen LogP contribution in [0.1, 0.15) is 64.0 Å². The summed E-state index contributed by atoms with van der Waals surface area (Å²) in [5, 5.41) is 13.0. The fraction of sp³-hybridized carbons (Fsp3) is 0.733. The van der Waals surface area contributed by atoms with E-state index in [9.17, 15) is 5.11 Å². The summed E-state index contributed by atoms with van der Waals surface area (Å²) in [6.07, 6.45) is 7.60. The Morgan fingerprint density at radius 3 is 2.53 bits per heavy atom. The van der Waals surface area contributed by atoms with Crippen LogP contribution in [-0.4, -0.2) is 27.2 Å². The smallest absolute Gasteiger partial charge is 0.129 e. The zero-order valence-electron chi connectivity index (χ0n) is 12.0. The van der Waals surface area contributed by atoms with Crippen LogP contribution in [0.5, 0.6) is 0 Å². The van der Waals surface area contributed by atoms with Crippen molar-refractivity contribution in [2.45, 2.75) is 70.4 Å². The van der Waals surface area contributed by atoms with E-state index in [1.54, 1.807) is 6.33 Å². The highest BCUT2D eigenvalue weighted by Crippen LogP contribution is 2.24. The van der Waals surface area contributed by atoms with Crippen molar-refractivity contribution in [3.63, 3.8) is 0 Å². The molecule has 106 valence electrons. The second-order valence-electron chi connectivity index (χ2n) is 5.49. The predicted molar refractivity (Wildman–Crippen MR) is 77.2 cm³/mol. The topological polar surface area (TPSA) is 58.0 Å². The minimum atomic E-state index is -0.108. The molecule has 1 aromatic heterocycles. The standard InChI is InChI=1S/C15H25N3O/c1-3-11(4-2)14-9-15(17-10-16-14)18-12-5-7-13(19)8-6-12/h9-13,19H,3-8H2,1-2H3,(H,16,17,18). The molecule has 1 aliphatic rings. The van der Waals surface area contributed by atoms with Gasteiger partial charge in [-0.15, -0.1) is 0 Å². The van der Waals surface area contributed by atoms with Crippen LogP contribution in [0.3, 0.4) is 0 Å². The van der Waals surface area contributed by atoms with Crippen molar-refractivity contribution in [2.24, 2.45) is 0 Å². The fourth-order valence-corrected chi connectivity index (χ4v) is 2.81. The first-order valence-electron chi connectivity index (χ1n) is 7.49. The number of anilines is 1. The van der Waals surface area contributed by atoms with Crippen molar-refractivity contribution in [2.75, 3.05) is 5.32 Å². The maximum Gasteiger partial charge on any atom is 0.129 e. The Bertz CT molecular complexity index is 385. The molecule has 2 N–H and O–H groups in total. The highest BCUT2D eigenvalue weighted by molar-refractivity contribution is 5.37. The summed E-state index contributed by atoms with van der Waals surface area (Å²) in [6.45, 7) is 4.40. The average molecular weight is 263 g/mol. The van der Waals surface area contributed by atoms with Crippen LogP contribution in [0.25, 0.3) is 0 Å². The first-order chi connectivity index (χ1) is 9.22. The van der Waals surface area contributed by atoms with Crippen molar-refractivity contribution in [3.8, 4) is 0 Å². The second kappa shape index (κ2) is 6.85. The summed E-state index contributed by atoms with van der Waals surface area (Å²) in [6, 6.07) is 2.52. The molecular weight excluding hydrogens is 238 g/mol. The molecule has 0 atom stereocenters. The van der Waals surface area contributed by atoms with Gasteiger partial charge < -0.3 is 10.4 Å². The minimum absolute atomic E-state index is 0.108. The number of hydrogen-bond acceptors (Lipinski definition) is 4. The van der Waals surface area contributed by atoms with Crippen LogP contribution in [-0.2, 0) is 0 Å². The molecule has 0 spiro atoms. The molecule has 19 heavy (non-hydrogen) atoms. The van der Waals surface area contributed by atoms with E-state index in [1.165, 1.54) is 0 Å². The number of hydrogen-bond donors (Lipinski definition) is 2. The van der Waals surface area contributed by atoms with E-state index in [2.05, 4.69) is 35.2 Å².